The molecule has 5 rings (SSSR count). The van der Waals surface area contributed by atoms with Crippen LogP contribution >= 0.6 is 0 Å². The van der Waals surface area contributed by atoms with Crippen LogP contribution in [0.4, 0.5) is 0 Å². The van der Waals surface area contributed by atoms with Crippen molar-refractivity contribution in [1.29, 1.82) is 0 Å². The highest BCUT2D eigenvalue weighted by atomic mass is 16.5. The molecule has 0 atom stereocenters. The highest BCUT2D eigenvalue weighted by Gasteiger charge is 2.17. The number of fused-ring (bicyclic) bond motifs is 1. The number of hydrogen-bond acceptors (Lipinski definition) is 6. The number of nitrogens with zero attached hydrogens (tertiary/aromatic N) is 3. The van der Waals surface area contributed by atoms with Crippen molar-refractivity contribution in [3.05, 3.63) is 100 Å². The number of pyridine rings is 3. The van der Waals surface area contributed by atoms with Gasteiger partial charge < -0.3 is 15.0 Å². The summed E-state index contributed by atoms with van der Waals surface area (Å²) in [5, 5.41) is 9.83. The molecular weight excluding hydrogens is 444 g/mol. The van der Waals surface area contributed by atoms with Crippen molar-refractivity contribution in [2.75, 3.05) is 6.61 Å². The van der Waals surface area contributed by atoms with Gasteiger partial charge in [0.2, 0.25) is 17.8 Å². The second kappa shape index (κ2) is 10.6. The fraction of sp³-hybridized carbons (Fsp3) is 0.185. The summed E-state index contributed by atoms with van der Waals surface area (Å²) in [6, 6.07) is 14.7. The molecule has 35 heavy (non-hydrogen) atoms. The Morgan fingerprint density at radius 3 is 2.66 bits per heavy atom. The van der Waals surface area contributed by atoms with Crippen LogP contribution in [0.15, 0.2) is 78.1 Å². The SMILES string of the molecule is CCOC(=O)c1cn(-c2cccc(C#Cc3ccc[n+](O)c3)c2)c2ncccc2c1=O.NC1CC1. The molecule has 8 nitrogen and oxygen atoms in total. The second-order valence-electron chi connectivity index (χ2n) is 7.95. The zero-order valence-electron chi connectivity index (χ0n) is 19.2. The van der Waals surface area contributed by atoms with E-state index in [0.717, 1.165) is 4.73 Å². The summed E-state index contributed by atoms with van der Waals surface area (Å²) in [7, 11) is 0. The molecule has 1 aliphatic carbocycles. The third kappa shape index (κ3) is 5.91. The predicted octanol–water partition coefficient (Wildman–Crippen LogP) is 2.59. The molecule has 4 aromatic rings. The summed E-state index contributed by atoms with van der Waals surface area (Å²) in [4.78, 5) is 29.5. The molecule has 1 aliphatic rings. The zero-order valence-corrected chi connectivity index (χ0v) is 19.2. The van der Waals surface area contributed by atoms with Crippen LogP contribution in [-0.4, -0.2) is 33.4 Å². The van der Waals surface area contributed by atoms with E-state index in [4.69, 9.17) is 10.5 Å². The molecule has 1 fully saturated rings. The Morgan fingerprint density at radius 1 is 1.20 bits per heavy atom. The van der Waals surface area contributed by atoms with Gasteiger partial charge in [-0.2, -0.15) is 0 Å². The molecule has 0 unspecified atom stereocenters. The molecule has 0 amide bonds. The van der Waals surface area contributed by atoms with E-state index < -0.39 is 11.4 Å². The summed E-state index contributed by atoms with van der Waals surface area (Å²) in [6.45, 7) is 1.86. The molecule has 8 heteroatoms. The molecule has 0 saturated heterocycles. The zero-order chi connectivity index (χ0) is 24.8. The predicted molar refractivity (Wildman–Crippen MR) is 130 cm³/mol. The molecule has 1 saturated carbocycles. The third-order valence-corrected chi connectivity index (χ3v) is 5.14. The molecule has 3 N–H and O–H groups in total. The number of carbonyl (C=O) groups excluding carboxylic acids is 1. The normalized spacial score (nSPS) is 12.2. The van der Waals surface area contributed by atoms with Gasteiger partial charge in [0.05, 0.1) is 17.6 Å². The molecule has 0 radical (unpaired) electrons. The fourth-order valence-corrected chi connectivity index (χ4v) is 3.22. The Kier molecular flexibility index (Phi) is 7.19. The summed E-state index contributed by atoms with van der Waals surface area (Å²) in [5.74, 6) is 5.37. The van der Waals surface area contributed by atoms with E-state index in [2.05, 4.69) is 16.8 Å². The van der Waals surface area contributed by atoms with Gasteiger partial charge in [0.25, 0.3) is 0 Å². The van der Waals surface area contributed by atoms with E-state index in [-0.39, 0.29) is 12.2 Å². The minimum atomic E-state index is -0.677. The first-order chi connectivity index (χ1) is 17.0. The van der Waals surface area contributed by atoms with E-state index in [1.807, 2.05) is 24.3 Å². The van der Waals surface area contributed by atoms with Gasteiger partial charge >= 0.3 is 5.97 Å². The van der Waals surface area contributed by atoms with Crippen molar-refractivity contribution in [1.82, 2.24) is 9.55 Å². The third-order valence-electron chi connectivity index (χ3n) is 5.14. The van der Waals surface area contributed by atoms with Crippen LogP contribution in [-0.2, 0) is 4.74 Å². The highest BCUT2D eigenvalue weighted by Crippen LogP contribution is 2.17. The topological polar surface area (TPSA) is 111 Å². The van der Waals surface area contributed by atoms with Crippen LogP contribution in [0.3, 0.4) is 0 Å². The van der Waals surface area contributed by atoms with Crippen LogP contribution in [0, 0.1) is 11.8 Å². The largest absolute Gasteiger partial charge is 0.462 e. The van der Waals surface area contributed by atoms with Gasteiger partial charge in [-0.3, -0.25) is 10.0 Å². The van der Waals surface area contributed by atoms with Gasteiger partial charge in [-0.1, -0.05) is 17.9 Å². The van der Waals surface area contributed by atoms with E-state index in [1.165, 1.54) is 31.4 Å². The van der Waals surface area contributed by atoms with E-state index in [9.17, 15) is 14.8 Å². The lowest BCUT2D eigenvalue weighted by molar-refractivity contribution is -0.904. The standard InChI is InChI=1S/C24H18N3O4.C3H7N/c1-2-31-24(29)21-16-27(23-20(22(21)28)9-4-12-25-23)19-8-3-6-17(14-19)10-11-18-7-5-13-26(30)15-18;4-3-1-2-3/h3-9,12-16,30H,2H2,1H3;3H,1-2,4H2/q+1;. The first-order valence-corrected chi connectivity index (χ1v) is 11.2. The molecule has 1 aromatic carbocycles. The van der Waals surface area contributed by atoms with Gasteiger partial charge in [0.1, 0.15) is 11.2 Å². The van der Waals surface area contributed by atoms with Crippen LogP contribution in [0.5, 0.6) is 0 Å². The van der Waals surface area contributed by atoms with Crippen molar-refractivity contribution in [3.8, 4) is 17.5 Å². The smallest absolute Gasteiger partial charge is 0.343 e. The molecular formula is C27H25N4O4+. The summed E-state index contributed by atoms with van der Waals surface area (Å²) < 4.78 is 7.67. The lowest BCUT2D eigenvalue weighted by atomic mass is 10.1. The number of aromatic nitrogens is 3. The fourth-order valence-electron chi connectivity index (χ4n) is 3.22. The van der Waals surface area contributed by atoms with Crippen LogP contribution in [0.25, 0.3) is 16.7 Å². The number of hydrogen-bond donors (Lipinski definition) is 2. The average Bonchev–Trinajstić information content (AvgIpc) is 3.66. The Labute approximate surface area is 202 Å². The van der Waals surface area contributed by atoms with Crippen LogP contribution in [0.1, 0.15) is 41.3 Å². The average molecular weight is 470 g/mol. The van der Waals surface area contributed by atoms with E-state index in [1.54, 1.807) is 42.0 Å². The maximum Gasteiger partial charge on any atom is 0.343 e. The number of ether oxygens (including phenoxy) is 1. The second-order valence-corrected chi connectivity index (χ2v) is 7.95. The van der Waals surface area contributed by atoms with Crippen molar-refractivity contribution in [3.63, 3.8) is 0 Å². The first kappa shape index (κ1) is 23.7. The molecule has 0 aliphatic heterocycles. The quantitative estimate of drug-likeness (QED) is 0.207. The van der Waals surface area contributed by atoms with Gasteiger partial charge in [-0.25, -0.2) is 9.78 Å². The summed E-state index contributed by atoms with van der Waals surface area (Å²) in [5.41, 5.74) is 7.22. The maximum absolute atomic E-state index is 12.8. The number of nitrogens with two attached hydrogens (primary N) is 1. The Morgan fingerprint density at radius 2 is 1.94 bits per heavy atom. The monoisotopic (exact) mass is 469 g/mol. The lowest BCUT2D eigenvalue weighted by Gasteiger charge is -2.12. The summed E-state index contributed by atoms with van der Waals surface area (Å²) >= 11 is 0. The molecule has 3 heterocycles. The maximum atomic E-state index is 12.8. The Bertz CT molecular complexity index is 1500. The van der Waals surface area contributed by atoms with Gasteiger partial charge in [0, 0.05) is 40.5 Å². The van der Waals surface area contributed by atoms with Crippen molar-refractivity contribution in [2.45, 2.75) is 25.8 Å². The Balaban J connectivity index is 0.000000656. The minimum absolute atomic E-state index is 0.0596. The number of rotatable bonds is 3. The van der Waals surface area contributed by atoms with Crippen molar-refractivity contribution < 1.29 is 19.5 Å². The lowest BCUT2D eigenvalue weighted by Crippen LogP contribution is -2.28. The van der Waals surface area contributed by atoms with E-state index >= 15 is 0 Å². The van der Waals surface area contributed by atoms with E-state index in [0.29, 0.717) is 33.9 Å². The molecule has 3 aromatic heterocycles. The van der Waals surface area contributed by atoms with Crippen LogP contribution < -0.4 is 15.9 Å². The summed E-state index contributed by atoms with van der Waals surface area (Å²) in [6.07, 6.45) is 8.57. The van der Waals surface area contributed by atoms with Crippen molar-refractivity contribution >= 4 is 17.0 Å². The van der Waals surface area contributed by atoms with Gasteiger partial charge in [-0.05, 0) is 56.2 Å². The van der Waals surface area contributed by atoms with Crippen molar-refractivity contribution in [2.24, 2.45) is 5.73 Å². The minimum Gasteiger partial charge on any atom is -0.462 e. The molecule has 176 valence electrons. The Hall–Kier alpha value is -4.48. The van der Waals surface area contributed by atoms with Crippen LogP contribution in [0.2, 0.25) is 0 Å². The van der Waals surface area contributed by atoms with Gasteiger partial charge in [0.15, 0.2) is 0 Å². The van der Waals surface area contributed by atoms with Gasteiger partial charge in [-0.15, -0.1) is 0 Å². The number of esters is 1. The number of benzene rings is 1. The first-order valence-electron chi connectivity index (χ1n) is 11.2. The molecule has 0 bridgehead atoms. The molecule has 0 spiro atoms. The number of carbonyl (C=O) groups is 1. The highest BCUT2D eigenvalue weighted by molar-refractivity contribution is 5.93.